The van der Waals surface area contributed by atoms with E-state index in [-0.39, 0.29) is 17.2 Å². The van der Waals surface area contributed by atoms with Crippen LogP contribution in [0.5, 0.6) is 5.75 Å². The lowest BCUT2D eigenvalue weighted by Crippen LogP contribution is -2.25. The van der Waals surface area contributed by atoms with Crippen LogP contribution in [-0.4, -0.2) is 38.1 Å². The van der Waals surface area contributed by atoms with Gasteiger partial charge >= 0.3 is 0 Å². The van der Waals surface area contributed by atoms with Gasteiger partial charge in [-0.25, -0.2) is 4.98 Å². The number of hydrogen-bond donors (Lipinski definition) is 1. The van der Waals surface area contributed by atoms with Crippen molar-refractivity contribution in [1.82, 2.24) is 19.3 Å². The fourth-order valence-electron chi connectivity index (χ4n) is 3.20. The second kappa shape index (κ2) is 9.69. The summed E-state index contributed by atoms with van der Waals surface area (Å²) in [5.41, 5.74) is 2.25. The Balaban J connectivity index is 1.63. The molecule has 9 heteroatoms. The Morgan fingerprint density at radius 1 is 1.12 bits per heavy atom. The number of hydrogen-bond acceptors (Lipinski definition) is 6. The van der Waals surface area contributed by atoms with E-state index in [2.05, 4.69) is 15.4 Å². The van der Waals surface area contributed by atoms with E-state index >= 15 is 0 Å². The summed E-state index contributed by atoms with van der Waals surface area (Å²) in [4.78, 5) is 30.3. The molecule has 0 aliphatic heterocycles. The Hall–Kier alpha value is -3.59. The maximum absolute atomic E-state index is 13.3. The number of amides is 1. The van der Waals surface area contributed by atoms with Crippen molar-refractivity contribution >= 4 is 34.4 Å². The number of thioether (sulfide) groups is 1. The van der Waals surface area contributed by atoms with Crippen LogP contribution in [0.4, 0.5) is 5.69 Å². The number of carbonyl (C=O) groups is 1. The maximum Gasteiger partial charge on any atom is 0.282 e. The Morgan fingerprint density at radius 3 is 2.56 bits per heavy atom. The molecule has 4 rings (SSSR count). The summed E-state index contributed by atoms with van der Waals surface area (Å²) in [5.74, 6) is 0.691. The Kier molecular flexibility index (Phi) is 6.55. The molecule has 0 fully saturated rings. The van der Waals surface area contributed by atoms with Crippen LogP contribution in [0.2, 0.25) is 0 Å². The third-order valence-corrected chi connectivity index (χ3v) is 5.83. The Morgan fingerprint density at radius 2 is 1.88 bits per heavy atom. The zero-order chi connectivity index (χ0) is 22.5. The molecule has 0 atom stereocenters. The number of aromatic nitrogens is 4. The average molecular weight is 450 g/mol. The van der Waals surface area contributed by atoms with Crippen LogP contribution in [-0.2, 0) is 17.9 Å². The van der Waals surface area contributed by atoms with E-state index in [1.54, 1.807) is 22.6 Å². The fraction of sp³-hybridized carbons (Fsp3) is 0.217. The van der Waals surface area contributed by atoms with Crippen LogP contribution in [0.15, 0.2) is 70.7 Å². The summed E-state index contributed by atoms with van der Waals surface area (Å²) in [5, 5.41) is 7.69. The number of benzene rings is 2. The van der Waals surface area contributed by atoms with Crippen molar-refractivity contribution in [2.45, 2.75) is 25.2 Å². The smallest absolute Gasteiger partial charge is 0.282 e. The summed E-state index contributed by atoms with van der Waals surface area (Å²) in [6.45, 7) is 2.90. The largest absolute Gasteiger partial charge is 0.497 e. The van der Waals surface area contributed by atoms with Crippen molar-refractivity contribution in [1.29, 1.82) is 0 Å². The lowest BCUT2D eigenvalue weighted by atomic mass is 10.2. The number of nitrogens with one attached hydrogen (secondary N) is 1. The zero-order valence-corrected chi connectivity index (χ0v) is 18.6. The van der Waals surface area contributed by atoms with Gasteiger partial charge in [0.1, 0.15) is 11.3 Å². The third kappa shape index (κ3) is 4.83. The summed E-state index contributed by atoms with van der Waals surface area (Å²) < 4.78 is 8.47. The monoisotopic (exact) mass is 449 g/mol. The van der Waals surface area contributed by atoms with Gasteiger partial charge in [0.25, 0.3) is 5.56 Å². The Labute approximate surface area is 189 Å². The number of rotatable bonds is 8. The highest BCUT2D eigenvalue weighted by Crippen LogP contribution is 2.20. The summed E-state index contributed by atoms with van der Waals surface area (Å²) >= 11 is 1.23. The second-order valence-electron chi connectivity index (χ2n) is 7.06. The van der Waals surface area contributed by atoms with Gasteiger partial charge in [-0.3, -0.25) is 18.8 Å². The molecular formula is C23H23N5O3S. The number of para-hydroxylation sites is 1. The van der Waals surface area contributed by atoms with Gasteiger partial charge in [-0.15, -0.1) is 0 Å². The van der Waals surface area contributed by atoms with Crippen LogP contribution < -0.4 is 15.6 Å². The first-order valence-corrected chi connectivity index (χ1v) is 11.1. The fourth-order valence-corrected chi connectivity index (χ4v) is 4.00. The molecule has 2 aromatic heterocycles. The van der Waals surface area contributed by atoms with E-state index in [1.807, 2.05) is 61.5 Å². The number of anilines is 1. The summed E-state index contributed by atoms with van der Waals surface area (Å²) in [6.07, 6.45) is 1.75. The van der Waals surface area contributed by atoms with Crippen molar-refractivity contribution in [3.05, 3.63) is 76.7 Å². The number of fused-ring (bicyclic) bond motifs is 1. The molecule has 0 saturated heterocycles. The van der Waals surface area contributed by atoms with Gasteiger partial charge in [-0.05, 0) is 36.8 Å². The van der Waals surface area contributed by atoms with E-state index in [1.165, 1.54) is 11.8 Å². The van der Waals surface area contributed by atoms with E-state index in [0.717, 1.165) is 17.0 Å². The standard InChI is InChI=1S/C23H23N5O3S/c1-3-27-14-19-21(26-27)22(30)28(13-16-9-11-18(31-2)12-10-16)23(25-19)32-15-20(29)24-17-7-5-4-6-8-17/h4-12,14H,3,13,15H2,1-2H3,(H,24,29). The molecule has 2 heterocycles. The van der Waals surface area contributed by atoms with Crippen molar-refractivity contribution in [3.63, 3.8) is 0 Å². The summed E-state index contributed by atoms with van der Waals surface area (Å²) in [6, 6.07) is 16.7. The molecule has 8 nitrogen and oxygen atoms in total. The van der Waals surface area contributed by atoms with Crippen LogP contribution in [0.25, 0.3) is 11.0 Å². The number of methoxy groups -OCH3 is 1. The Bertz CT molecular complexity index is 1280. The minimum Gasteiger partial charge on any atom is -0.497 e. The minimum atomic E-state index is -0.232. The lowest BCUT2D eigenvalue weighted by molar-refractivity contribution is -0.113. The predicted molar refractivity (Wildman–Crippen MR) is 125 cm³/mol. The first-order chi connectivity index (χ1) is 15.6. The van der Waals surface area contributed by atoms with Gasteiger partial charge < -0.3 is 10.1 Å². The van der Waals surface area contributed by atoms with Gasteiger partial charge in [0.2, 0.25) is 5.91 Å². The summed E-state index contributed by atoms with van der Waals surface area (Å²) in [7, 11) is 1.61. The number of nitrogens with zero attached hydrogens (tertiary/aromatic N) is 4. The molecule has 1 amide bonds. The van der Waals surface area contributed by atoms with Crippen LogP contribution in [0.1, 0.15) is 12.5 Å². The number of carbonyl (C=O) groups excluding carboxylic acids is 1. The molecule has 0 saturated carbocycles. The molecule has 164 valence electrons. The van der Waals surface area contributed by atoms with Crippen molar-refractivity contribution < 1.29 is 9.53 Å². The maximum atomic E-state index is 13.3. The highest BCUT2D eigenvalue weighted by Gasteiger charge is 2.16. The molecule has 1 N–H and O–H groups in total. The van der Waals surface area contributed by atoms with E-state index in [0.29, 0.717) is 29.3 Å². The van der Waals surface area contributed by atoms with Gasteiger partial charge in [-0.2, -0.15) is 5.10 Å². The van der Waals surface area contributed by atoms with Crippen LogP contribution in [0, 0.1) is 0 Å². The molecule has 0 spiro atoms. The molecule has 32 heavy (non-hydrogen) atoms. The third-order valence-electron chi connectivity index (χ3n) is 4.85. The highest BCUT2D eigenvalue weighted by molar-refractivity contribution is 7.99. The molecule has 0 bridgehead atoms. The molecule has 2 aromatic carbocycles. The second-order valence-corrected chi connectivity index (χ2v) is 8.00. The normalized spacial score (nSPS) is 10.9. The molecular weight excluding hydrogens is 426 g/mol. The quantitative estimate of drug-likeness (QED) is 0.328. The van der Waals surface area contributed by atoms with Crippen molar-refractivity contribution in [3.8, 4) is 5.75 Å². The zero-order valence-electron chi connectivity index (χ0n) is 17.8. The van der Waals surface area contributed by atoms with E-state index < -0.39 is 0 Å². The first kappa shape index (κ1) is 21.6. The number of aryl methyl sites for hydroxylation is 1. The van der Waals surface area contributed by atoms with E-state index in [9.17, 15) is 9.59 Å². The number of ether oxygens (including phenoxy) is 1. The van der Waals surface area contributed by atoms with Crippen LogP contribution in [0.3, 0.4) is 0 Å². The van der Waals surface area contributed by atoms with Crippen molar-refractivity contribution in [2.24, 2.45) is 0 Å². The van der Waals surface area contributed by atoms with Crippen molar-refractivity contribution in [2.75, 3.05) is 18.2 Å². The molecule has 0 radical (unpaired) electrons. The highest BCUT2D eigenvalue weighted by atomic mass is 32.2. The van der Waals surface area contributed by atoms with Gasteiger partial charge in [-0.1, -0.05) is 42.1 Å². The van der Waals surface area contributed by atoms with Gasteiger partial charge in [0.15, 0.2) is 10.7 Å². The molecule has 0 unspecified atom stereocenters. The first-order valence-electron chi connectivity index (χ1n) is 10.2. The molecule has 0 aliphatic carbocycles. The van der Waals surface area contributed by atoms with Gasteiger partial charge in [0.05, 0.1) is 25.6 Å². The molecule has 4 aromatic rings. The topological polar surface area (TPSA) is 91.0 Å². The lowest BCUT2D eigenvalue weighted by Gasteiger charge is -2.12. The van der Waals surface area contributed by atoms with Crippen LogP contribution >= 0.6 is 11.8 Å². The minimum absolute atomic E-state index is 0.122. The average Bonchev–Trinajstić information content (AvgIpc) is 3.24. The van der Waals surface area contributed by atoms with Gasteiger partial charge in [0, 0.05) is 12.2 Å². The molecule has 0 aliphatic rings. The predicted octanol–water partition coefficient (Wildman–Crippen LogP) is 3.40. The van der Waals surface area contributed by atoms with E-state index in [4.69, 9.17) is 4.74 Å². The SMILES string of the molecule is CCn1cc2nc(SCC(=O)Nc3ccccc3)n(Cc3ccc(OC)cc3)c(=O)c2n1.